The molecule has 0 bridgehead atoms. The van der Waals surface area contributed by atoms with Crippen LogP contribution in [0.3, 0.4) is 0 Å². The number of hydrogen-bond donors (Lipinski definition) is 1. The fourth-order valence-corrected chi connectivity index (χ4v) is 3.39. The summed E-state index contributed by atoms with van der Waals surface area (Å²) in [5.41, 5.74) is 7.77. The monoisotopic (exact) mass is 305 g/mol. The number of H-pyrrole nitrogens is 1. The topological polar surface area (TPSA) is 34.2 Å². The first-order chi connectivity index (χ1) is 11.3. The zero-order chi connectivity index (χ0) is 15.8. The van der Waals surface area contributed by atoms with Gasteiger partial charge in [-0.1, -0.05) is 12.1 Å². The van der Waals surface area contributed by atoms with Gasteiger partial charge in [0.15, 0.2) is 0 Å². The summed E-state index contributed by atoms with van der Waals surface area (Å²) in [4.78, 5) is 3.47. The van der Waals surface area contributed by atoms with Crippen molar-refractivity contribution < 1.29 is 9.47 Å². The Kier molecular flexibility index (Phi) is 3.34. The smallest absolute Gasteiger partial charge is 0.119 e. The lowest BCUT2D eigenvalue weighted by Gasteiger charge is -2.18. The molecule has 3 nitrogen and oxygen atoms in total. The van der Waals surface area contributed by atoms with E-state index in [1.807, 2.05) is 18.2 Å². The number of benzene rings is 2. The summed E-state index contributed by atoms with van der Waals surface area (Å²) in [6, 6.07) is 14.6. The van der Waals surface area contributed by atoms with Gasteiger partial charge in [-0.15, -0.1) is 0 Å². The first-order valence-electron chi connectivity index (χ1n) is 7.82. The summed E-state index contributed by atoms with van der Waals surface area (Å²) in [6.07, 6.45) is 4.20. The van der Waals surface area contributed by atoms with Crippen molar-refractivity contribution in [2.45, 2.75) is 12.8 Å². The third-order valence-electron chi connectivity index (χ3n) is 4.61. The molecule has 0 amide bonds. The fourth-order valence-electron chi connectivity index (χ4n) is 3.39. The number of fused-ring (bicyclic) bond motifs is 3. The molecule has 1 aliphatic rings. The van der Waals surface area contributed by atoms with Crippen LogP contribution in [0.1, 0.15) is 11.1 Å². The lowest BCUT2D eigenvalue weighted by molar-refractivity contribution is 0.414. The van der Waals surface area contributed by atoms with E-state index in [1.165, 1.54) is 33.5 Å². The van der Waals surface area contributed by atoms with Gasteiger partial charge in [0, 0.05) is 23.0 Å². The van der Waals surface area contributed by atoms with E-state index in [-0.39, 0.29) is 0 Å². The number of ether oxygens (including phenoxy) is 2. The van der Waals surface area contributed by atoms with Crippen LogP contribution in [0.5, 0.6) is 11.5 Å². The third-order valence-corrected chi connectivity index (χ3v) is 4.61. The second kappa shape index (κ2) is 5.51. The molecule has 1 heterocycles. The third kappa shape index (κ3) is 2.29. The van der Waals surface area contributed by atoms with Crippen molar-refractivity contribution in [2.24, 2.45) is 0 Å². The lowest BCUT2D eigenvalue weighted by atomic mass is 9.87. The Bertz CT molecular complexity index is 833. The summed E-state index contributed by atoms with van der Waals surface area (Å²) >= 11 is 0. The molecule has 1 aliphatic carbocycles. The maximum absolute atomic E-state index is 5.34. The van der Waals surface area contributed by atoms with Crippen LogP contribution in [-0.4, -0.2) is 19.2 Å². The molecule has 0 saturated carbocycles. The fraction of sp³-hybridized carbons (Fsp3) is 0.200. The van der Waals surface area contributed by atoms with Crippen molar-refractivity contribution in [3.8, 4) is 33.9 Å². The number of aromatic nitrogens is 1. The highest BCUT2D eigenvalue weighted by atomic mass is 16.5. The predicted molar refractivity (Wildman–Crippen MR) is 92.2 cm³/mol. The number of aryl methyl sites for hydroxylation is 1. The number of rotatable bonds is 3. The van der Waals surface area contributed by atoms with Crippen LogP contribution in [0.25, 0.3) is 22.4 Å². The van der Waals surface area contributed by atoms with Crippen LogP contribution in [0.4, 0.5) is 0 Å². The van der Waals surface area contributed by atoms with E-state index < -0.39 is 0 Å². The molecule has 0 fully saturated rings. The van der Waals surface area contributed by atoms with E-state index in [0.29, 0.717) is 0 Å². The van der Waals surface area contributed by atoms with Gasteiger partial charge < -0.3 is 14.5 Å². The van der Waals surface area contributed by atoms with Crippen LogP contribution in [-0.2, 0) is 12.8 Å². The van der Waals surface area contributed by atoms with Gasteiger partial charge >= 0.3 is 0 Å². The Labute approximate surface area is 135 Å². The summed E-state index contributed by atoms with van der Waals surface area (Å²) < 4.78 is 10.6. The predicted octanol–water partition coefficient (Wildman–Crippen LogP) is 4.46. The molecule has 0 aliphatic heterocycles. The van der Waals surface area contributed by atoms with Crippen molar-refractivity contribution in [3.63, 3.8) is 0 Å². The van der Waals surface area contributed by atoms with E-state index >= 15 is 0 Å². The van der Waals surface area contributed by atoms with Crippen LogP contribution in [0.15, 0.2) is 48.7 Å². The maximum atomic E-state index is 5.34. The van der Waals surface area contributed by atoms with E-state index in [1.54, 1.807) is 14.2 Å². The summed E-state index contributed by atoms with van der Waals surface area (Å²) in [5, 5.41) is 0. The second-order valence-corrected chi connectivity index (χ2v) is 5.81. The average Bonchev–Trinajstić information content (AvgIpc) is 3.05. The van der Waals surface area contributed by atoms with Gasteiger partial charge in [-0.05, 0) is 59.9 Å². The van der Waals surface area contributed by atoms with Crippen LogP contribution in [0.2, 0.25) is 0 Å². The molecular formula is C20H19NO2. The average molecular weight is 305 g/mol. The molecule has 3 aromatic rings. The Balaban J connectivity index is 1.78. The Morgan fingerprint density at radius 1 is 0.826 bits per heavy atom. The molecular weight excluding hydrogens is 286 g/mol. The van der Waals surface area contributed by atoms with Gasteiger partial charge in [0.25, 0.3) is 0 Å². The van der Waals surface area contributed by atoms with E-state index in [9.17, 15) is 0 Å². The van der Waals surface area contributed by atoms with Crippen molar-refractivity contribution in [3.05, 3.63) is 59.8 Å². The van der Waals surface area contributed by atoms with Gasteiger partial charge in [0.1, 0.15) is 11.5 Å². The second-order valence-electron chi connectivity index (χ2n) is 5.81. The number of methoxy groups -OCH3 is 2. The largest absolute Gasteiger partial charge is 0.497 e. The summed E-state index contributed by atoms with van der Waals surface area (Å²) in [5.74, 6) is 1.81. The molecule has 0 saturated heterocycles. The van der Waals surface area contributed by atoms with Crippen LogP contribution in [0, 0.1) is 0 Å². The van der Waals surface area contributed by atoms with Gasteiger partial charge in [-0.2, -0.15) is 0 Å². The SMILES string of the molecule is COc1ccc(-c2c[nH]c3c2CCc2cc(OC)ccc2-3)cc1. The first-order valence-corrected chi connectivity index (χ1v) is 7.82. The molecule has 2 aromatic carbocycles. The standard InChI is InChI=1S/C20H19NO2/c1-22-15-6-3-13(4-7-15)19-12-21-20-17-10-8-16(23-2)11-14(17)5-9-18(19)20/h3-4,6-8,10-12,21H,5,9H2,1-2H3. The van der Waals surface area contributed by atoms with Crippen molar-refractivity contribution in [2.75, 3.05) is 14.2 Å². The van der Waals surface area contributed by atoms with Crippen molar-refractivity contribution in [1.29, 1.82) is 0 Å². The summed E-state index contributed by atoms with van der Waals surface area (Å²) in [6.45, 7) is 0. The first kappa shape index (κ1) is 13.9. The zero-order valence-corrected chi connectivity index (χ0v) is 13.3. The Hall–Kier alpha value is -2.68. The van der Waals surface area contributed by atoms with E-state index in [0.717, 1.165) is 24.3 Å². The molecule has 0 radical (unpaired) electrons. The number of hydrogen-bond acceptors (Lipinski definition) is 2. The molecule has 116 valence electrons. The highest BCUT2D eigenvalue weighted by Crippen LogP contribution is 2.39. The minimum Gasteiger partial charge on any atom is -0.497 e. The Morgan fingerprint density at radius 2 is 1.57 bits per heavy atom. The molecule has 4 rings (SSSR count). The van der Waals surface area contributed by atoms with Gasteiger partial charge in [0.05, 0.1) is 14.2 Å². The number of aromatic amines is 1. The maximum Gasteiger partial charge on any atom is 0.119 e. The molecule has 23 heavy (non-hydrogen) atoms. The minimum atomic E-state index is 0.885. The molecule has 1 N–H and O–H groups in total. The molecule has 3 heteroatoms. The van der Waals surface area contributed by atoms with E-state index in [2.05, 4.69) is 35.4 Å². The van der Waals surface area contributed by atoms with Gasteiger partial charge in [-0.25, -0.2) is 0 Å². The lowest BCUT2D eigenvalue weighted by Crippen LogP contribution is -2.03. The van der Waals surface area contributed by atoms with Gasteiger partial charge in [0.2, 0.25) is 0 Å². The molecule has 0 spiro atoms. The minimum absolute atomic E-state index is 0.885. The van der Waals surface area contributed by atoms with Gasteiger partial charge in [-0.3, -0.25) is 0 Å². The van der Waals surface area contributed by atoms with E-state index in [4.69, 9.17) is 9.47 Å². The normalized spacial score (nSPS) is 12.4. The molecule has 0 unspecified atom stereocenters. The van der Waals surface area contributed by atoms with Crippen LogP contribution >= 0.6 is 0 Å². The summed E-state index contributed by atoms with van der Waals surface area (Å²) in [7, 11) is 3.41. The van der Waals surface area contributed by atoms with Crippen molar-refractivity contribution in [1.82, 2.24) is 4.98 Å². The Morgan fingerprint density at radius 3 is 2.30 bits per heavy atom. The highest BCUT2D eigenvalue weighted by Gasteiger charge is 2.21. The molecule has 1 aromatic heterocycles. The zero-order valence-electron chi connectivity index (χ0n) is 13.3. The van der Waals surface area contributed by atoms with Crippen LogP contribution < -0.4 is 9.47 Å². The molecule has 0 atom stereocenters. The van der Waals surface area contributed by atoms with Crippen molar-refractivity contribution >= 4 is 0 Å². The quantitative estimate of drug-likeness (QED) is 0.775. The number of nitrogens with one attached hydrogen (secondary N) is 1. The highest BCUT2D eigenvalue weighted by molar-refractivity contribution is 5.80.